The Balaban J connectivity index is 2.09. The van der Waals surface area contributed by atoms with Crippen LogP contribution in [0.5, 0.6) is 0 Å². The van der Waals surface area contributed by atoms with Crippen molar-refractivity contribution in [1.29, 1.82) is 0 Å². The summed E-state index contributed by atoms with van der Waals surface area (Å²) in [7, 11) is 0. The van der Waals surface area contributed by atoms with Crippen LogP contribution in [0.15, 0.2) is 24.3 Å². The number of aromatic nitrogens is 2. The second kappa shape index (κ2) is 3.84. The highest BCUT2D eigenvalue weighted by molar-refractivity contribution is 5.62. The van der Waals surface area contributed by atoms with Gasteiger partial charge < -0.3 is 5.73 Å². The Morgan fingerprint density at radius 1 is 1.06 bits per heavy atom. The molecule has 0 aliphatic heterocycles. The number of rotatable bonds is 1. The molecule has 2 aromatic rings. The third kappa shape index (κ3) is 1.88. The first kappa shape index (κ1) is 10.3. The van der Waals surface area contributed by atoms with Gasteiger partial charge in [-0.05, 0) is 49.4 Å². The van der Waals surface area contributed by atoms with Crippen LogP contribution in [-0.4, -0.2) is 9.97 Å². The zero-order chi connectivity index (χ0) is 11.8. The van der Waals surface area contributed by atoms with Crippen LogP contribution in [0.1, 0.15) is 23.2 Å². The van der Waals surface area contributed by atoms with Crippen LogP contribution in [-0.2, 0) is 12.8 Å². The fraction of sp³-hybridized carbons (Fsp3) is 0.286. The van der Waals surface area contributed by atoms with Crippen LogP contribution in [0.25, 0.3) is 11.3 Å². The Hall–Kier alpha value is -1.90. The number of aryl methyl sites for hydroxylation is 3. The molecule has 0 amide bonds. The van der Waals surface area contributed by atoms with Crippen molar-refractivity contribution in [1.82, 2.24) is 9.97 Å². The summed E-state index contributed by atoms with van der Waals surface area (Å²) >= 11 is 0. The van der Waals surface area contributed by atoms with Gasteiger partial charge in [-0.3, -0.25) is 0 Å². The molecule has 86 valence electrons. The van der Waals surface area contributed by atoms with Crippen LogP contribution in [0, 0.1) is 6.92 Å². The SMILES string of the molecule is Cc1cc(-c2ccc3c(c2)CCC3)nc(N)n1. The minimum absolute atomic E-state index is 0.348. The van der Waals surface area contributed by atoms with Gasteiger partial charge in [-0.25, -0.2) is 9.97 Å². The van der Waals surface area contributed by atoms with E-state index in [4.69, 9.17) is 5.73 Å². The number of nitrogens with zero attached hydrogens (tertiary/aromatic N) is 2. The van der Waals surface area contributed by atoms with Gasteiger partial charge in [-0.15, -0.1) is 0 Å². The number of hydrogen-bond donors (Lipinski definition) is 1. The smallest absolute Gasteiger partial charge is 0.220 e. The molecule has 1 heterocycles. The zero-order valence-electron chi connectivity index (χ0n) is 9.90. The Morgan fingerprint density at radius 3 is 2.71 bits per heavy atom. The maximum absolute atomic E-state index is 5.69. The van der Waals surface area contributed by atoms with E-state index < -0.39 is 0 Å². The molecule has 1 aromatic heterocycles. The third-order valence-electron chi connectivity index (χ3n) is 3.27. The number of fused-ring (bicyclic) bond motifs is 1. The van der Waals surface area contributed by atoms with E-state index in [0.717, 1.165) is 17.0 Å². The summed E-state index contributed by atoms with van der Waals surface area (Å²) in [5.41, 5.74) is 11.6. The van der Waals surface area contributed by atoms with Crippen molar-refractivity contribution in [3.63, 3.8) is 0 Å². The molecule has 1 aromatic carbocycles. The Morgan fingerprint density at radius 2 is 1.88 bits per heavy atom. The molecule has 0 saturated carbocycles. The largest absolute Gasteiger partial charge is 0.368 e. The predicted molar refractivity (Wildman–Crippen MR) is 68.6 cm³/mol. The molecular formula is C14H15N3. The van der Waals surface area contributed by atoms with Crippen molar-refractivity contribution >= 4 is 5.95 Å². The minimum atomic E-state index is 0.348. The maximum Gasteiger partial charge on any atom is 0.220 e. The predicted octanol–water partition coefficient (Wildman–Crippen LogP) is 2.52. The fourth-order valence-corrected chi connectivity index (χ4v) is 2.47. The Kier molecular flexibility index (Phi) is 2.32. The number of nitrogen functional groups attached to an aromatic ring is 1. The van der Waals surface area contributed by atoms with E-state index in [1.807, 2.05) is 13.0 Å². The second-order valence-corrected chi connectivity index (χ2v) is 4.59. The molecule has 0 spiro atoms. The summed E-state index contributed by atoms with van der Waals surface area (Å²) in [5.74, 6) is 0.348. The van der Waals surface area contributed by atoms with E-state index in [9.17, 15) is 0 Å². The van der Waals surface area contributed by atoms with Crippen LogP contribution in [0.4, 0.5) is 5.95 Å². The van der Waals surface area contributed by atoms with Gasteiger partial charge in [-0.2, -0.15) is 0 Å². The van der Waals surface area contributed by atoms with Crippen LogP contribution < -0.4 is 5.73 Å². The van der Waals surface area contributed by atoms with E-state index in [1.165, 1.54) is 30.4 Å². The van der Waals surface area contributed by atoms with Crippen molar-refractivity contribution in [2.45, 2.75) is 26.2 Å². The lowest BCUT2D eigenvalue weighted by atomic mass is 10.0. The molecule has 0 bridgehead atoms. The average Bonchev–Trinajstić information content (AvgIpc) is 2.74. The highest BCUT2D eigenvalue weighted by atomic mass is 15.0. The van der Waals surface area contributed by atoms with Crippen molar-refractivity contribution in [2.24, 2.45) is 0 Å². The molecule has 1 aliphatic carbocycles. The summed E-state index contributed by atoms with van der Waals surface area (Å²) in [6.07, 6.45) is 3.66. The lowest BCUT2D eigenvalue weighted by Gasteiger charge is -2.06. The van der Waals surface area contributed by atoms with E-state index in [1.54, 1.807) is 0 Å². The number of hydrogen-bond acceptors (Lipinski definition) is 3. The standard InChI is InChI=1S/C14H15N3/c1-9-7-13(17-14(15)16-9)12-6-5-10-3-2-4-11(10)8-12/h5-8H,2-4H2,1H3,(H2,15,16,17). The van der Waals surface area contributed by atoms with E-state index >= 15 is 0 Å². The van der Waals surface area contributed by atoms with Crippen molar-refractivity contribution in [3.8, 4) is 11.3 Å². The Labute approximate surface area is 101 Å². The number of benzene rings is 1. The molecule has 0 saturated heterocycles. The van der Waals surface area contributed by atoms with Gasteiger partial charge >= 0.3 is 0 Å². The summed E-state index contributed by atoms with van der Waals surface area (Å²) in [6, 6.07) is 8.56. The third-order valence-corrected chi connectivity index (χ3v) is 3.27. The van der Waals surface area contributed by atoms with Crippen LogP contribution in [0.3, 0.4) is 0 Å². The van der Waals surface area contributed by atoms with Crippen LogP contribution >= 0.6 is 0 Å². The fourth-order valence-electron chi connectivity index (χ4n) is 2.47. The van der Waals surface area contributed by atoms with Crippen molar-refractivity contribution in [2.75, 3.05) is 5.73 Å². The lowest BCUT2D eigenvalue weighted by Crippen LogP contribution is -1.98. The molecule has 2 N–H and O–H groups in total. The van der Waals surface area contributed by atoms with Gasteiger partial charge in [-0.1, -0.05) is 12.1 Å². The molecule has 1 aliphatic rings. The van der Waals surface area contributed by atoms with Crippen molar-refractivity contribution < 1.29 is 0 Å². The maximum atomic E-state index is 5.69. The van der Waals surface area contributed by atoms with Gasteiger partial charge in [0.25, 0.3) is 0 Å². The lowest BCUT2D eigenvalue weighted by molar-refractivity contribution is 0.912. The molecule has 0 radical (unpaired) electrons. The van der Waals surface area contributed by atoms with Gasteiger partial charge in [0.2, 0.25) is 5.95 Å². The zero-order valence-corrected chi connectivity index (χ0v) is 9.90. The van der Waals surface area contributed by atoms with Crippen LogP contribution in [0.2, 0.25) is 0 Å². The molecule has 3 nitrogen and oxygen atoms in total. The number of anilines is 1. The molecule has 0 unspecified atom stereocenters. The molecule has 3 heteroatoms. The normalized spacial score (nSPS) is 13.7. The highest BCUT2D eigenvalue weighted by Crippen LogP contribution is 2.27. The first-order chi connectivity index (χ1) is 8.22. The topological polar surface area (TPSA) is 51.8 Å². The van der Waals surface area contributed by atoms with Gasteiger partial charge in [0, 0.05) is 11.3 Å². The Bertz CT molecular complexity index is 555. The van der Waals surface area contributed by atoms with Gasteiger partial charge in [0.05, 0.1) is 5.69 Å². The molecule has 0 fully saturated rings. The van der Waals surface area contributed by atoms with E-state index in [0.29, 0.717) is 5.95 Å². The number of nitrogens with two attached hydrogens (primary N) is 1. The summed E-state index contributed by atoms with van der Waals surface area (Å²) < 4.78 is 0. The summed E-state index contributed by atoms with van der Waals surface area (Å²) in [4.78, 5) is 8.40. The average molecular weight is 225 g/mol. The minimum Gasteiger partial charge on any atom is -0.368 e. The van der Waals surface area contributed by atoms with E-state index in [-0.39, 0.29) is 0 Å². The van der Waals surface area contributed by atoms with E-state index in [2.05, 4.69) is 28.2 Å². The summed E-state index contributed by atoms with van der Waals surface area (Å²) in [5, 5.41) is 0. The first-order valence-electron chi connectivity index (χ1n) is 5.96. The molecule has 0 atom stereocenters. The highest BCUT2D eigenvalue weighted by Gasteiger charge is 2.12. The molecule has 3 rings (SSSR count). The van der Waals surface area contributed by atoms with Gasteiger partial charge in [0.1, 0.15) is 0 Å². The second-order valence-electron chi connectivity index (χ2n) is 4.59. The summed E-state index contributed by atoms with van der Waals surface area (Å²) in [6.45, 7) is 1.94. The molecular weight excluding hydrogens is 210 g/mol. The first-order valence-corrected chi connectivity index (χ1v) is 5.96. The molecule has 17 heavy (non-hydrogen) atoms. The van der Waals surface area contributed by atoms with Crippen molar-refractivity contribution in [3.05, 3.63) is 41.1 Å². The van der Waals surface area contributed by atoms with Gasteiger partial charge in [0.15, 0.2) is 0 Å². The monoisotopic (exact) mass is 225 g/mol. The quantitative estimate of drug-likeness (QED) is 0.811.